The normalized spacial score (nSPS) is 10.5. The second-order valence-corrected chi connectivity index (χ2v) is 7.39. The molecule has 0 unspecified atom stereocenters. The first-order valence-corrected chi connectivity index (χ1v) is 9.57. The summed E-state index contributed by atoms with van der Waals surface area (Å²) in [6.07, 6.45) is 0.471. The first kappa shape index (κ1) is 16.7. The summed E-state index contributed by atoms with van der Waals surface area (Å²) in [7, 11) is 0. The van der Waals surface area contributed by atoms with E-state index in [9.17, 15) is 4.79 Å². The molecular weight excluding hydrogens is 336 g/mol. The maximum absolute atomic E-state index is 12.0. The molecule has 0 saturated heterocycles. The molecule has 2 aromatic carbocycles. The number of nitrogens with one attached hydrogen (secondary N) is 1. The number of aromatic nitrogens is 1. The monoisotopic (exact) mass is 354 g/mol. The third-order valence-corrected chi connectivity index (χ3v) is 5.21. The van der Waals surface area contributed by atoms with E-state index in [2.05, 4.69) is 41.5 Å². The molecule has 0 aliphatic rings. The number of thioether (sulfide) groups is 1. The van der Waals surface area contributed by atoms with Crippen molar-refractivity contribution in [1.82, 2.24) is 4.98 Å². The first-order chi connectivity index (χ1) is 11.7. The number of hydrogen-bond donors (Lipinski definition) is 1. The van der Waals surface area contributed by atoms with Crippen LogP contribution in [0.2, 0.25) is 0 Å². The Balaban J connectivity index is 1.48. The number of anilines is 1. The van der Waals surface area contributed by atoms with Crippen LogP contribution in [-0.2, 0) is 4.79 Å². The van der Waals surface area contributed by atoms with Gasteiger partial charge < -0.3 is 5.32 Å². The number of rotatable bonds is 6. The van der Waals surface area contributed by atoms with Gasteiger partial charge in [-0.15, -0.1) is 23.1 Å². The van der Waals surface area contributed by atoms with Crippen LogP contribution in [0.15, 0.2) is 64.9 Å². The van der Waals surface area contributed by atoms with Gasteiger partial charge in [-0.25, -0.2) is 4.98 Å². The Kier molecular flexibility index (Phi) is 5.67. The molecule has 5 heteroatoms. The molecular formula is C19H18N2OS2. The van der Waals surface area contributed by atoms with E-state index >= 15 is 0 Å². The summed E-state index contributed by atoms with van der Waals surface area (Å²) in [5.74, 6) is 0.759. The van der Waals surface area contributed by atoms with E-state index < -0.39 is 0 Å². The van der Waals surface area contributed by atoms with E-state index in [-0.39, 0.29) is 5.91 Å². The van der Waals surface area contributed by atoms with Gasteiger partial charge in [-0.3, -0.25) is 4.79 Å². The summed E-state index contributed by atoms with van der Waals surface area (Å²) in [6.45, 7) is 2.07. The van der Waals surface area contributed by atoms with Crippen LogP contribution in [-0.4, -0.2) is 16.6 Å². The largest absolute Gasteiger partial charge is 0.302 e. The third kappa shape index (κ3) is 4.69. The molecule has 1 N–H and O–H groups in total. The molecule has 0 spiro atoms. The summed E-state index contributed by atoms with van der Waals surface area (Å²) in [6, 6.07) is 18.3. The van der Waals surface area contributed by atoms with E-state index in [1.54, 1.807) is 11.8 Å². The van der Waals surface area contributed by atoms with Crippen LogP contribution < -0.4 is 5.32 Å². The summed E-state index contributed by atoms with van der Waals surface area (Å²) >= 11 is 3.15. The van der Waals surface area contributed by atoms with E-state index in [1.165, 1.54) is 21.8 Å². The molecule has 3 aromatic rings. The van der Waals surface area contributed by atoms with E-state index in [0.29, 0.717) is 11.6 Å². The van der Waals surface area contributed by atoms with Gasteiger partial charge in [-0.05, 0) is 19.1 Å². The summed E-state index contributed by atoms with van der Waals surface area (Å²) in [4.78, 5) is 17.7. The number of nitrogens with zero attached hydrogens (tertiary/aromatic N) is 1. The minimum Gasteiger partial charge on any atom is -0.302 e. The fourth-order valence-corrected chi connectivity index (χ4v) is 3.74. The van der Waals surface area contributed by atoms with Gasteiger partial charge in [0.2, 0.25) is 5.91 Å². The van der Waals surface area contributed by atoms with Crippen molar-refractivity contribution in [3.05, 3.63) is 65.5 Å². The maximum Gasteiger partial charge on any atom is 0.226 e. The van der Waals surface area contributed by atoms with Crippen LogP contribution in [0.25, 0.3) is 11.3 Å². The fraction of sp³-hybridized carbons (Fsp3) is 0.158. The van der Waals surface area contributed by atoms with Gasteiger partial charge in [-0.1, -0.05) is 48.0 Å². The fourth-order valence-electron chi connectivity index (χ4n) is 2.15. The van der Waals surface area contributed by atoms with E-state index in [1.807, 2.05) is 35.7 Å². The Morgan fingerprint density at radius 3 is 2.62 bits per heavy atom. The topological polar surface area (TPSA) is 42.0 Å². The lowest BCUT2D eigenvalue weighted by Gasteiger charge is -2.03. The van der Waals surface area contributed by atoms with Gasteiger partial charge >= 0.3 is 0 Å². The van der Waals surface area contributed by atoms with Crippen LogP contribution in [0.4, 0.5) is 5.13 Å². The SMILES string of the molecule is Cc1ccc(SCCC(=O)Nc2nc(-c3ccccc3)cs2)cc1. The first-order valence-electron chi connectivity index (χ1n) is 7.71. The molecule has 0 atom stereocenters. The standard InChI is InChI=1S/C19H18N2OS2/c1-14-7-9-16(10-8-14)23-12-11-18(22)21-19-20-17(13-24-19)15-5-3-2-4-6-15/h2-10,13H,11-12H2,1H3,(H,20,21,22). The lowest BCUT2D eigenvalue weighted by molar-refractivity contribution is -0.115. The summed E-state index contributed by atoms with van der Waals surface area (Å²) in [5, 5.41) is 5.50. The van der Waals surface area contributed by atoms with E-state index in [0.717, 1.165) is 17.0 Å². The molecule has 1 amide bonds. The second-order valence-electron chi connectivity index (χ2n) is 5.36. The predicted octanol–water partition coefficient (Wildman–Crippen LogP) is 5.24. The molecule has 0 bridgehead atoms. The van der Waals surface area contributed by atoms with Gasteiger partial charge in [-0.2, -0.15) is 0 Å². The van der Waals surface area contributed by atoms with Gasteiger partial charge in [0.15, 0.2) is 5.13 Å². The highest BCUT2D eigenvalue weighted by Crippen LogP contribution is 2.25. The molecule has 1 heterocycles. The molecule has 24 heavy (non-hydrogen) atoms. The molecule has 0 fully saturated rings. The number of aryl methyl sites for hydroxylation is 1. The van der Waals surface area contributed by atoms with Crippen LogP contribution in [0.5, 0.6) is 0 Å². The Labute approximate surface area is 150 Å². The smallest absolute Gasteiger partial charge is 0.226 e. The molecule has 3 rings (SSSR count). The van der Waals surface area contributed by atoms with Crippen molar-refractivity contribution >= 4 is 34.1 Å². The van der Waals surface area contributed by atoms with Crippen molar-refractivity contribution in [3.63, 3.8) is 0 Å². The van der Waals surface area contributed by atoms with Crippen molar-refractivity contribution in [3.8, 4) is 11.3 Å². The molecule has 3 nitrogen and oxygen atoms in total. The van der Waals surface area contributed by atoms with Crippen LogP contribution >= 0.6 is 23.1 Å². The predicted molar refractivity (Wildman–Crippen MR) is 103 cm³/mol. The van der Waals surface area contributed by atoms with Crippen molar-refractivity contribution in [2.75, 3.05) is 11.1 Å². The zero-order valence-electron chi connectivity index (χ0n) is 13.4. The van der Waals surface area contributed by atoms with Crippen molar-refractivity contribution in [2.45, 2.75) is 18.2 Å². The highest BCUT2D eigenvalue weighted by Gasteiger charge is 2.08. The zero-order valence-corrected chi connectivity index (χ0v) is 15.0. The lowest BCUT2D eigenvalue weighted by Crippen LogP contribution is -2.11. The minimum absolute atomic E-state index is 0.00331. The summed E-state index contributed by atoms with van der Waals surface area (Å²) < 4.78 is 0. The molecule has 1 aromatic heterocycles. The van der Waals surface area contributed by atoms with Gasteiger partial charge in [0.1, 0.15) is 0 Å². The third-order valence-electron chi connectivity index (χ3n) is 3.44. The molecule has 0 aliphatic heterocycles. The Morgan fingerprint density at radius 1 is 1.12 bits per heavy atom. The number of carbonyl (C=O) groups is 1. The molecule has 0 saturated carbocycles. The van der Waals surface area contributed by atoms with E-state index in [4.69, 9.17) is 0 Å². The Hall–Kier alpha value is -2.11. The maximum atomic E-state index is 12.0. The number of amides is 1. The highest BCUT2D eigenvalue weighted by atomic mass is 32.2. The number of benzene rings is 2. The lowest BCUT2D eigenvalue weighted by atomic mass is 10.2. The van der Waals surface area contributed by atoms with Crippen molar-refractivity contribution in [1.29, 1.82) is 0 Å². The Morgan fingerprint density at radius 2 is 1.88 bits per heavy atom. The quantitative estimate of drug-likeness (QED) is 0.616. The second kappa shape index (κ2) is 8.13. The number of hydrogen-bond acceptors (Lipinski definition) is 4. The average Bonchev–Trinajstić information content (AvgIpc) is 3.06. The van der Waals surface area contributed by atoms with Crippen LogP contribution in [0.1, 0.15) is 12.0 Å². The Bertz CT molecular complexity index is 798. The van der Waals surface area contributed by atoms with Crippen LogP contribution in [0.3, 0.4) is 0 Å². The zero-order chi connectivity index (χ0) is 16.8. The molecule has 0 aliphatic carbocycles. The average molecular weight is 355 g/mol. The molecule has 0 radical (unpaired) electrons. The summed E-state index contributed by atoms with van der Waals surface area (Å²) in [5.41, 5.74) is 3.20. The van der Waals surface area contributed by atoms with Gasteiger partial charge in [0.25, 0.3) is 0 Å². The number of carbonyl (C=O) groups excluding carboxylic acids is 1. The van der Waals surface area contributed by atoms with Crippen molar-refractivity contribution in [2.24, 2.45) is 0 Å². The van der Waals surface area contributed by atoms with Gasteiger partial charge in [0.05, 0.1) is 5.69 Å². The minimum atomic E-state index is 0.00331. The van der Waals surface area contributed by atoms with Crippen molar-refractivity contribution < 1.29 is 4.79 Å². The highest BCUT2D eigenvalue weighted by molar-refractivity contribution is 7.99. The van der Waals surface area contributed by atoms with Crippen LogP contribution in [0, 0.1) is 6.92 Å². The van der Waals surface area contributed by atoms with Gasteiger partial charge in [0, 0.05) is 28.0 Å². The number of thiazole rings is 1. The molecule has 122 valence electrons.